The molecular formula is C14H26N4O. The Morgan fingerprint density at radius 1 is 1.26 bits per heavy atom. The van der Waals surface area contributed by atoms with Gasteiger partial charge in [0.15, 0.2) is 5.82 Å². The number of nitrogens with one attached hydrogen (secondary N) is 2. The van der Waals surface area contributed by atoms with Gasteiger partial charge in [-0.15, -0.1) is 0 Å². The van der Waals surface area contributed by atoms with Crippen molar-refractivity contribution in [2.75, 3.05) is 24.3 Å². The van der Waals surface area contributed by atoms with Crippen molar-refractivity contribution < 1.29 is 4.74 Å². The van der Waals surface area contributed by atoms with Crippen LogP contribution in [0.15, 0.2) is 6.07 Å². The Morgan fingerprint density at radius 3 is 2.42 bits per heavy atom. The second kappa shape index (κ2) is 6.70. The molecule has 0 aliphatic rings. The number of nitrogens with zero attached hydrogens (tertiary/aromatic N) is 2. The minimum absolute atomic E-state index is 0.171. The number of rotatable bonds is 6. The molecule has 0 fully saturated rings. The fourth-order valence-electron chi connectivity index (χ4n) is 1.40. The van der Waals surface area contributed by atoms with E-state index in [0.29, 0.717) is 25.1 Å². The Morgan fingerprint density at radius 2 is 1.89 bits per heavy atom. The Hall–Kier alpha value is -1.36. The van der Waals surface area contributed by atoms with Gasteiger partial charge >= 0.3 is 0 Å². The van der Waals surface area contributed by atoms with Gasteiger partial charge in [-0.1, -0.05) is 20.8 Å². The molecule has 0 amide bonds. The molecule has 0 bridgehead atoms. The van der Waals surface area contributed by atoms with E-state index in [1.807, 2.05) is 20.0 Å². The third kappa shape index (κ3) is 5.03. The van der Waals surface area contributed by atoms with Crippen LogP contribution in [0.4, 0.5) is 11.6 Å². The Labute approximate surface area is 116 Å². The van der Waals surface area contributed by atoms with Crippen LogP contribution in [0.2, 0.25) is 0 Å². The van der Waals surface area contributed by atoms with Crippen molar-refractivity contribution in [2.24, 2.45) is 5.41 Å². The van der Waals surface area contributed by atoms with Crippen LogP contribution < -0.4 is 10.6 Å². The minimum Gasteiger partial charge on any atom is -0.374 e. The van der Waals surface area contributed by atoms with Crippen molar-refractivity contribution in [1.29, 1.82) is 0 Å². The zero-order valence-corrected chi connectivity index (χ0v) is 12.9. The fraction of sp³-hybridized carbons (Fsp3) is 0.714. The summed E-state index contributed by atoms with van der Waals surface area (Å²) in [7, 11) is 1.85. The predicted octanol–water partition coefficient (Wildman–Crippen LogP) is 2.90. The number of anilines is 2. The van der Waals surface area contributed by atoms with Crippen LogP contribution in [-0.2, 0) is 11.3 Å². The molecule has 0 radical (unpaired) electrons. The molecule has 0 spiro atoms. The fourth-order valence-corrected chi connectivity index (χ4v) is 1.40. The number of hydrogen-bond donors (Lipinski definition) is 2. The van der Waals surface area contributed by atoms with Crippen LogP contribution in [0.25, 0.3) is 0 Å². The molecule has 1 unspecified atom stereocenters. The Bertz CT molecular complexity index is 401. The molecule has 0 aromatic carbocycles. The SMILES string of the molecule is CCOCc1nc(NC)cc(NC(C)C(C)(C)C)n1. The van der Waals surface area contributed by atoms with Crippen molar-refractivity contribution in [1.82, 2.24) is 9.97 Å². The van der Waals surface area contributed by atoms with Crippen molar-refractivity contribution in [3.63, 3.8) is 0 Å². The summed E-state index contributed by atoms with van der Waals surface area (Å²) in [4.78, 5) is 8.86. The largest absolute Gasteiger partial charge is 0.374 e. The van der Waals surface area contributed by atoms with Gasteiger partial charge < -0.3 is 15.4 Å². The molecule has 0 saturated heterocycles. The van der Waals surface area contributed by atoms with Crippen LogP contribution in [0.3, 0.4) is 0 Å². The minimum atomic E-state index is 0.171. The Kier molecular flexibility index (Phi) is 5.54. The van der Waals surface area contributed by atoms with Gasteiger partial charge in [0, 0.05) is 25.8 Å². The van der Waals surface area contributed by atoms with E-state index in [9.17, 15) is 0 Å². The molecule has 1 heterocycles. The van der Waals surface area contributed by atoms with Crippen molar-refractivity contribution >= 4 is 11.6 Å². The Balaban J connectivity index is 2.87. The second-order valence-corrected chi connectivity index (χ2v) is 5.67. The molecule has 1 rings (SSSR count). The topological polar surface area (TPSA) is 59.1 Å². The first-order chi connectivity index (χ1) is 8.86. The normalized spacial score (nSPS) is 13.2. The third-order valence-electron chi connectivity index (χ3n) is 3.13. The highest BCUT2D eigenvalue weighted by Crippen LogP contribution is 2.23. The van der Waals surface area contributed by atoms with Gasteiger partial charge in [-0.25, -0.2) is 9.97 Å². The lowest BCUT2D eigenvalue weighted by Crippen LogP contribution is -2.31. The van der Waals surface area contributed by atoms with Gasteiger partial charge in [-0.2, -0.15) is 0 Å². The molecule has 1 atom stereocenters. The van der Waals surface area contributed by atoms with Crippen LogP contribution in [-0.4, -0.2) is 29.7 Å². The van der Waals surface area contributed by atoms with Crippen molar-refractivity contribution in [2.45, 2.75) is 47.3 Å². The first kappa shape index (κ1) is 15.7. The second-order valence-electron chi connectivity index (χ2n) is 5.67. The zero-order valence-electron chi connectivity index (χ0n) is 12.9. The van der Waals surface area contributed by atoms with Gasteiger partial charge in [0.05, 0.1) is 0 Å². The van der Waals surface area contributed by atoms with E-state index >= 15 is 0 Å². The maximum atomic E-state index is 5.37. The van der Waals surface area contributed by atoms with Crippen molar-refractivity contribution in [3.8, 4) is 0 Å². The van der Waals surface area contributed by atoms with E-state index in [2.05, 4.69) is 48.3 Å². The highest BCUT2D eigenvalue weighted by molar-refractivity contribution is 5.47. The molecule has 0 aliphatic carbocycles. The molecule has 5 heteroatoms. The van der Waals surface area contributed by atoms with Gasteiger partial charge in [0.1, 0.15) is 18.2 Å². The first-order valence-electron chi connectivity index (χ1n) is 6.76. The van der Waals surface area contributed by atoms with E-state index in [-0.39, 0.29) is 5.41 Å². The summed E-state index contributed by atoms with van der Waals surface area (Å²) in [6.45, 7) is 11.8. The molecule has 0 saturated carbocycles. The van der Waals surface area contributed by atoms with Gasteiger partial charge in [0.2, 0.25) is 0 Å². The molecule has 108 valence electrons. The van der Waals surface area contributed by atoms with Crippen LogP contribution >= 0.6 is 0 Å². The highest BCUT2D eigenvalue weighted by Gasteiger charge is 2.20. The zero-order chi connectivity index (χ0) is 14.5. The molecule has 1 aromatic rings. The smallest absolute Gasteiger partial charge is 0.158 e. The predicted molar refractivity (Wildman–Crippen MR) is 79.4 cm³/mol. The number of aromatic nitrogens is 2. The molecule has 0 aliphatic heterocycles. The lowest BCUT2D eigenvalue weighted by atomic mass is 9.88. The molecule has 1 aromatic heterocycles. The van der Waals surface area contributed by atoms with E-state index in [4.69, 9.17) is 4.74 Å². The van der Waals surface area contributed by atoms with Crippen molar-refractivity contribution in [3.05, 3.63) is 11.9 Å². The summed E-state index contributed by atoms with van der Waals surface area (Å²) >= 11 is 0. The van der Waals surface area contributed by atoms with Gasteiger partial charge in [-0.3, -0.25) is 0 Å². The number of ether oxygens (including phenoxy) is 1. The quantitative estimate of drug-likeness (QED) is 0.829. The maximum Gasteiger partial charge on any atom is 0.158 e. The average molecular weight is 266 g/mol. The summed E-state index contributed by atoms with van der Waals surface area (Å²) in [5.41, 5.74) is 0.171. The highest BCUT2D eigenvalue weighted by atomic mass is 16.5. The van der Waals surface area contributed by atoms with Crippen LogP contribution in [0, 0.1) is 5.41 Å². The lowest BCUT2D eigenvalue weighted by Gasteiger charge is -2.28. The average Bonchev–Trinajstić information content (AvgIpc) is 2.34. The van der Waals surface area contributed by atoms with E-state index in [1.54, 1.807) is 0 Å². The lowest BCUT2D eigenvalue weighted by molar-refractivity contribution is 0.128. The molecule has 19 heavy (non-hydrogen) atoms. The molecule has 2 N–H and O–H groups in total. The monoisotopic (exact) mass is 266 g/mol. The van der Waals surface area contributed by atoms with Crippen LogP contribution in [0.5, 0.6) is 0 Å². The molecule has 5 nitrogen and oxygen atoms in total. The van der Waals surface area contributed by atoms with Gasteiger partial charge in [-0.05, 0) is 19.3 Å². The summed E-state index contributed by atoms with van der Waals surface area (Å²) in [6.07, 6.45) is 0. The van der Waals surface area contributed by atoms with E-state index in [0.717, 1.165) is 11.6 Å². The third-order valence-corrected chi connectivity index (χ3v) is 3.13. The summed E-state index contributed by atoms with van der Waals surface area (Å²) < 4.78 is 5.37. The summed E-state index contributed by atoms with van der Waals surface area (Å²) in [5, 5.41) is 6.48. The first-order valence-corrected chi connectivity index (χ1v) is 6.76. The summed E-state index contributed by atoms with van der Waals surface area (Å²) in [6, 6.07) is 2.23. The van der Waals surface area contributed by atoms with E-state index < -0.39 is 0 Å². The standard InChI is InChI=1S/C14H26N4O/c1-7-19-9-13-17-11(15-6)8-12(18-13)16-10(2)14(3,4)5/h8,10H,7,9H2,1-6H3,(H2,15,16,17,18). The van der Waals surface area contributed by atoms with E-state index in [1.165, 1.54) is 0 Å². The van der Waals surface area contributed by atoms with Gasteiger partial charge in [0.25, 0.3) is 0 Å². The number of hydrogen-bond acceptors (Lipinski definition) is 5. The molecular weight excluding hydrogens is 240 g/mol. The summed E-state index contributed by atoms with van der Waals surface area (Å²) in [5.74, 6) is 2.32. The van der Waals surface area contributed by atoms with Crippen LogP contribution in [0.1, 0.15) is 40.4 Å². The maximum absolute atomic E-state index is 5.37.